The Kier molecular flexibility index (Phi) is 4.34. The Morgan fingerprint density at radius 2 is 2.00 bits per heavy atom. The molecule has 0 fully saturated rings. The Bertz CT molecular complexity index is 751. The van der Waals surface area contributed by atoms with Gasteiger partial charge in [-0.05, 0) is 24.6 Å². The first-order valence-corrected chi connectivity index (χ1v) is 6.40. The van der Waals surface area contributed by atoms with E-state index in [-0.39, 0.29) is 24.9 Å². The van der Waals surface area contributed by atoms with Gasteiger partial charge in [-0.15, -0.1) is 0 Å². The number of aryl methyl sites for hydroxylation is 1. The average molecular weight is 290 g/mol. The van der Waals surface area contributed by atoms with Gasteiger partial charge in [-0.1, -0.05) is 0 Å². The van der Waals surface area contributed by atoms with Crippen molar-refractivity contribution in [1.82, 2.24) is 5.32 Å². The van der Waals surface area contributed by atoms with E-state index in [1.54, 1.807) is 18.2 Å². The highest BCUT2D eigenvalue weighted by atomic mass is 16.4. The summed E-state index contributed by atoms with van der Waals surface area (Å²) >= 11 is 0. The Balaban J connectivity index is 2.14. The number of hydrogen-bond donors (Lipinski definition) is 3. The van der Waals surface area contributed by atoms with Gasteiger partial charge in [0.25, 0.3) is 5.91 Å². The lowest BCUT2D eigenvalue weighted by atomic mass is 10.1. The third-order valence-corrected chi connectivity index (χ3v) is 2.91. The van der Waals surface area contributed by atoms with Gasteiger partial charge in [0.15, 0.2) is 6.54 Å². The van der Waals surface area contributed by atoms with Crippen molar-refractivity contribution in [3.63, 3.8) is 0 Å². The average Bonchev–Trinajstić information content (AvgIpc) is 2.44. The zero-order valence-corrected chi connectivity index (χ0v) is 11.6. The number of carbonyl (C=O) groups excluding carboxylic acids is 2. The molecule has 5 N–H and O–H groups in total. The summed E-state index contributed by atoms with van der Waals surface area (Å²) in [5, 5.41) is 5.84. The molecule has 0 radical (unpaired) electrons. The molecule has 21 heavy (non-hydrogen) atoms. The topological polar surface area (TPSA) is 116 Å². The number of quaternary nitrogens is 1. The van der Waals surface area contributed by atoms with Crippen LogP contribution in [0.1, 0.15) is 5.56 Å². The van der Waals surface area contributed by atoms with Crippen molar-refractivity contribution in [1.29, 1.82) is 0 Å². The number of anilines is 1. The fourth-order valence-corrected chi connectivity index (χ4v) is 1.88. The van der Waals surface area contributed by atoms with Crippen molar-refractivity contribution in [2.24, 2.45) is 0 Å². The maximum absolute atomic E-state index is 11.7. The molecule has 7 heteroatoms. The zero-order chi connectivity index (χ0) is 15.4. The third-order valence-electron chi connectivity index (χ3n) is 2.91. The van der Waals surface area contributed by atoms with Gasteiger partial charge in [0.05, 0.1) is 6.54 Å². The number of rotatable bonds is 4. The molecule has 0 spiro atoms. The Labute approximate surface area is 120 Å². The summed E-state index contributed by atoms with van der Waals surface area (Å²) in [7, 11) is 0. The zero-order valence-electron chi connectivity index (χ0n) is 11.6. The molecule has 0 aliphatic rings. The predicted molar refractivity (Wildman–Crippen MR) is 76.6 cm³/mol. The summed E-state index contributed by atoms with van der Waals surface area (Å²) in [5.41, 5.74) is 4.67. The highest BCUT2D eigenvalue weighted by molar-refractivity contribution is 5.96. The first-order chi connectivity index (χ1) is 9.99. The van der Waals surface area contributed by atoms with Crippen molar-refractivity contribution >= 4 is 28.5 Å². The van der Waals surface area contributed by atoms with E-state index >= 15 is 0 Å². The number of carbonyl (C=O) groups is 2. The maximum Gasteiger partial charge on any atom is 0.336 e. The van der Waals surface area contributed by atoms with E-state index in [1.807, 2.05) is 6.92 Å². The van der Waals surface area contributed by atoms with Crippen molar-refractivity contribution in [2.75, 3.05) is 18.4 Å². The van der Waals surface area contributed by atoms with E-state index in [0.29, 0.717) is 11.3 Å². The van der Waals surface area contributed by atoms with Crippen LogP contribution in [0.15, 0.2) is 33.5 Å². The molecule has 0 aliphatic carbocycles. The van der Waals surface area contributed by atoms with Crippen LogP contribution < -0.4 is 22.0 Å². The molecule has 110 valence electrons. The van der Waals surface area contributed by atoms with Gasteiger partial charge < -0.3 is 20.8 Å². The van der Waals surface area contributed by atoms with Gasteiger partial charge in [-0.25, -0.2) is 4.79 Å². The smallest absolute Gasteiger partial charge is 0.336 e. The second kappa shape index (κ2) is 6.19. The van der Waals surface area contributed by atoms with Crippen molar-refractivity contribution in [2.45, 2.75) is 6.92 Å². The number of nitrogens with one attached hydrogen (secondary N) is 2. The molecule has 0 saturated carbocycles. The normalized spacial score (nSPS) is 10.4. The fourth-order valence-electron chi connectivity index (χ4n) is 1.88. The van der Waals surface area contributed by atoms with E-state index in [4.69, 9.17) is 4.42 Å². The Morgan fingerprint density at radius 1 is 1.24 bits per heavy atom. The molecule has 0 aliphatic heterocycles. The van der Waals surface area contributed by atoms with Gasteiger partial charge in [0.2, 0.25) is 5.91 Å². The van der Waals surface area contributed by atoms with Crippen LogP contribution in [0, 0.1) is 6.92 Å². The first-order valence-electron chi connectivity index (χ1n) is 6.40. The molecule has 2 rings (SSSR count). The standard InChI is InChI=1S/C14H15N3O4/c1-8-4-14(20)21-11-5-9(2-3-10(8)11)17-13(19)7-16-12(18)6-15/h2-5H,6-7,15H2,1H3,(H,16,18)(H,17,19)/p+1. The fraction of sp³-hybridized carbons (Fsp3) is 0.214. The summed E-state index contributed by atoms with van der Waals surface area (Å²) in [4.78, 5) is 34.0. The first kappa shape index (κ1) is 14.7. The highest BCUT2D eigenvalue weighted by Gasteiger charge is 2.07. The summed E-state index contributed by atoms with van der Waals surface area (Å²) in [6, 6.07) is 6.45. The minimum atomic E-state index is -0.439. The van der Waals surface area contributed by atoms with E-state index in [0.717, 1.165) is 10.9 Å². The Hall–Kier alpha value is -2.67. The molecule has 2 amide bonds. The minimum absolute atomic E-state index is 0.0771. The molecule has 0 atom stereocenters. The third kappa shape index (κ3) is 3.67. The van der Waals surface area contributed by atoms with Gasteiger partial charge in [-0.2, -0.15) is 0 Å². The lowest BCUT2D eigenvalue weighted by Gasteiger charge is -2.07. The van der Waals surface area contributed by atoms with Crippen LogP contribution in [0.5, 0.6) is 0 Å². The summed E-state index contributed by atoms with van der Waals surface area (Å²) in [5.74, 6) is -0.670. The minimum Gasteiger partial charge on any atom is -0.423 e. The van der Waals surface area contributed by atoms with Gasteiger partial charge in [-0.3, -0.25) is 9.59 Å². The number of benzene rings is 1. The number of amides is 2. The van der Waals surface area contributed by atoms with Crippen LogP contribution >= 0.6 is 0 Å². The van der Waals surface area contributed by atoms with Crippen LogP contribution in [0.25, 0.3) is 11.0 Å². The molecule has 1 aromatic carbocycles. The van der Waals surface area contributed by atoms with Crippen molar-refractivity contribution in [3.05, 3.63) is 40.2 Å². The molecule has 1 aromatic heterocycles. The van der Waals surface area contributed by atoms with Crippen molar-refractivity contribution < 1.29 is 19.7 Å². The van der Waals surface area contributed by atoms with E-state index in [1.165, 1.54) is 6.07 Å². The second-order valence-electron chi connectivity index (χ2n) is 4.53. The molecule has 1 heterocycles. The van der Waals surface area contributed by atoms with Crippen LogP contribution in [0.4, 0.5) is 5.69 Å². The Morgan fingerprint density at radius 3 is 2.71 bits per heavy atom. The van der Waals surface area contributed by atoms with Crippen LogP contribution in [0.2, 0.25) is 0 Å². The number of fused-ring (bicyclic) bond motifs is 1. The summed E-state index contributed by atoms with van der Waals surface area (Å²) < 4.78 is 5.10. The molecule has 0 bridgehead atoms. The quantitative estimate of drug-likeness (QED) is 0.652. The largest absolute Gasteiger partial charge is 0.423 e. The van der Waals surface area contributed by atoms with E-state index in [9.17, 15) is 14.4 Å². The second-order valence-corrected chi connectivity index (χ2v) is 4.53. The van der Waals surface area contributed by atoms with Gasteiger partial charge in [0, 0.05) is 23.2 Å². The molecular weight excluding hydrogens is 274 g/mol. The number of hydrogen-bond acceptors (Lipinski definition) is 4. The van der Waals surface area contributed by atoms with E-state index < -0.39 is 5.63 Å². The lowest BCUT2D eigenvalue weighted by Crippen LogP contribution is -2.57. The lowest BCUT2D eigenvalue weighted by molar-refractivity contribution is -0.355. The summed E-state index contributed by atoms with van der Waals surface area (Å²) in [6.45, 7) is 1.75. The van der Waals surface area contributed by atoms with Crippen LogP contribution in [-0.4, -0.2) is 24.9 Å². The monoisotopic (exact) mass is 290 g/mol. The molecule has 0 saturated heterocycles. The molecular formula is C14H16N3O4+. The van der Waals surface area contributed by atoms with Crippen LogP contribution in [-0.2, 0) is 9.59 Å². The van der Waals surface area contributed by atoms with Crippen molar-refractivity contribution in [3.8, 4) is 0 Å². The predicted octanol–water partition coefficient (Wildman–Crippen LogP) is -0.602. The molecule has 2 aromatic rings. The maximum atomic E-state index is 11.7. The van der Waals surface area contributed by atoms with Crippen LogP contribution in [0.3, 0.4) is 0 Å². The highest BCUT2D eigenvalue weighted by Crippen LogP contribution is 2.20. The SMILES string of the molecule is Cc1cc(=O)oc2cc(NC(=O)CNC(=O)C[NH3+])ccc12. The van der Waals surface area contributed by atoms with Gasteiger partial charge in [0.1, 0.15) is 5.58 Å². The van der Waals surface area contributed by atoms with Gasteiger partial charge >= 0.3 is 5.63 Å². The summed E-state index contributed by atoms with van der Waals surface area (Å²) in [6.07, 6.45) is 0. The molecule has 0 unspecified atom stereocenters. The molecule has 7 nitrogen and oxygen atoms in total. The van der Waals surface area contributed by atoms with E-state index in [2.05, 4.69) is 16.4 Å².